The van der Waals surface area contributed by atoms with Gasteiger partial charge in [-0.3, -0.25) is 9.59 Å². The highest BCUT2D eigenvalue weighted by molar-refractivity contribution is 5.95. The zero-order chi connectivity index (χ0) is 22.3. The van der Waals surface area contributed by atoms with Gasteiger partial charge in [-0.15, -0.1) is 0 Å². The Morgan fingerprint density at radius 2 is 1.57 bits per heavy atom. The minimum absolute atomic E-state index is 0.164. The van der Waals surface area contributed by atoms with E-state index in [2.05, 4.69) is 38.3 Å². The molecule has 162 valence electrons. The summed E-state index contributed by atoms with van der Waals surface area (Å²) < 4.78 is 5.62. The summed E-state index contributed by atoms with van der Waals surface area (Å²) in [4.78, 5) is 24.7. The van der Waals surface area contributed by atoms with Crippen molar-refractivity contribution in [1.82, 2.24) is 5.32 Å². The van der Waals surface area contributed by atoms with E-state index < -0.39 is 6.10 Å². The van der Waals surface area contributed by atoms with Gasteiger partial charge in [0.2, 0.25) is 0 Å². The number of rotatable bonds is 9. The van der Waals surface area contributed by atoms with E-state index in [9.17, 15) is 14.7 Å². The molecule has 2 aromatic rings. The van der Waals surface area contributed by atoms with Gasteiger partial charge in [0.1, 0.15) is 5.75 Å². The van der Waals surface area contributed by atoms with Crippen molar-refractivity contribution >= 4 is 17.5 Å². The molecule has 0 bridgehead atoms. The zero-order valence-electron chi connectivity index (χ0n) is 18.4. The Balaban J connectivity index is 2.06. The number of carbonyl (C=O) groups is 2. The molecule has 2 aromatic carbocycles. The monoisotopic (exact) mass is 412 g/mol. The zero-order valence-corrected chi connectivity index (χ0v) is 18.4. The SMILES string of the molecule is CC(O)CNC(=O)c1cccc(OCC(=O)Nc2c(C(C)C)cccc2C(C)C)c1. The van der Waals surface area contributed by atoms with Gasteiger partial charge in [-0.25, -0.2) is 0 Å². The molecule has 30 heavy (non-hydrogen) atoms. The van der Waals surface area contributed by atoms with E-state index in [1.165, 1.54) is 0 Å². The largest absolute Gasteiger partial charge is 0.484 e. The van der Waals surface area contributed by atoms with E-state index >= 15 is 0 Å². The van der Waals surface area contributed by atoms with Crippen molar-refractivity contribution in [3.8, 4) is 5.75 Å². The number of ether oxygens (including phenoxy) is 1. The fourth-order valence-electron chi connectivity index (χ4n) is 3.09. The molecule has 1 atom stereocenters. The fourth-order valence-corrected chi connectivity index (χ4v) is 3.09. The van der Waals surface area contributed by atoms with E-state index in [4.69, 9.17) is 4.74 Å². The lowest BCUT2D eigenvalue weighted by Gasteiger charge is -2.20. The van der Waals surface area contributed by atoms with Crippen molar-refractivity contribution in [2.75, 3.05) is 18.5 Å². The number of hydrogen-bond donors (Lipinski definition) is 3. The topological polar surface area (TPSA) is 87.7 Å². The maximum Gasteiger partial charge on any atom is 0.262 e. The molecule has 0 heterocycles. The maximum absolute atomic E-state index is 12.6. The van der Waals surface area contributed by atoms with Crippen LogP contribution in [0.4, 0.5) is 5.69 Å². The van der Waals surface area contributed by atoms with Crippen LogP contribution in [0.25, 0.3) is 0 Å². The highest BCUT2D eigenvalue weighted by Gasteiger charge is 2.16. The second kappa shape index (κ2) is 10.8. The highest BCUT2D eigenvalue weighted by Crippen LogP contribution is 2.32. The standard InChI is InChI=1S/C24H32N2O4/c1-15(2)20-10-7-11-21(16(3)4)23(20)26-22(28)14-30-19-9-6-8-18(12-19)24(29)25-13-17(5)27/h6-12,15-17,27H,13-14H2,1-5H3,(H,25,29)(H,26,28). The molecular weight excluding hydrogens is 380 g/mol. The summed E-state index contributed by atoms with van der Waals surface area (Å²) in [6, 6.07) is 12.7. The lowest BCUT2D eigenvalue weighted by atomic mass is 9.92. The fraction of sp³-hybridized carbons (Fsp3) is 0.417. The molecular formula is C24H32N2O4. The van der Waals surface area contributed by atoms with Crippen molar-refractivity contribution in [1.29, 1.82) is 0 Å². The molecule has 2 rings (SSSR count). The molecule has 0 aromatic heterocycles. The Morgan fingerprint density at radius 1 is 0.967 bits per heavy atom. The van der Waals surface area contributed by atoms with Gasteiger partial charge in [-0.1, -0.05) is 52.0 Å². The molecule has 0 saturated carbocycles. The van der Waals surface area contributed by atoms with Gasteiger partial charge >= 0.3 is 0 Å². The number of aliphatic hydroxyl groups is 1. The lowest BCUT2D eigenvalue weighted by molar-refractivity contribution is -0.118. The third-order valence-electron chi connectivity index (χ3n) is 4.66. The minimum Gasteiger partial charge on any atom is -0.484 e. The average Bonchev–Trinajstić information content (AvgIpc) is 2.70. The van der Waals surface area contributed by atoms with Gasteiger partial charge in [-0.2, -0.15) is 0 Å². The number of para-hydroxylation sites is 1. The summed E-state index contributed by atoms with van der Waals surface area (Å²) >= 11 is 0. The van der Waals surface area contributed by atoms with Crippen LogP contribution in [0.3, 0.4) is 0 Å². The summed E-state index contributed by atoms with van der Waals surface area (Å²) in [5, 5.41) is 14.9. The normalized spacial score (nSPS) is 12.0. The number of nitrogens with one attached hydrogen (secondary N) is 2. The van der Waals surface area contributed by atoms with Crippen LogP contribution in [0.5, 0.6) is 5.75 Å². The maximum atomic E-state index is 12.6. The van der Waals surface area contributed by atoms with Gasteiger partial charge in [0.15, 0.2) is 6.61 Å². The van der Waals surface area contributed by atoms with Crippen LogP contribution in [-0.2, 0) is 4.79 Å². The Hall–Kier alpha value is -2.86. The van der Waals surface area contributed by atoms with Crippen LogP contribution in [-0.4, -0.2) is 36.2 Å². The van der Waals surface area contributed by atoms with E-state index in [1.54, 1.807) is 31.2 Å². The molecule has 0 aliphatic heterocycles. The van der Waals surface area contributed by atoms with E-state index in [0.717, 1.165) is 16.8 Å². The molecule has 0 aliphatic rings. The molecule has 1 unspecified atom stereocenters. The van der Waals surface area contributed by atoms with Crippen molar-refractivity contribution in [3.63, 3.8) is 0 Å². The van der Waals surface area contributed by atoms with Crippen LogP contribution >= 0.6 is 0 Å². The van der Waals surface area contributed by atoms with Crippen LogP contribution < -0.4 is 15.4 Å². The third kappa shape index (κ3) is 6.59. The van der Waals surface area contributed by atoms with Gasteiger partial charge in [0.25, 0.3) is 11.8 Å². The highest BCUT2D eigenvalue weighted by atomic mass is 16.5. The van der Waals surface area contributed by atoms with E-state index in [1.807, 2.05) is 18.2 Å². The Kier molecular flexibility index (Phi) is 8.42. The lowest BCUT2D eigenvalue weighted by Crippen LogP contribution is -2.30. The molecule has 3 N–H and O–H groups in total. The first-order chi connectivity index (χ1) is 14.2. The molecule has 6 heteroatoms. The van der Waals surface area contributed by atoms with Gasteiger partial charge in [-0.05, 0) is 48.1 Å². The Morgan fingerprint density at radius 3 is 2.13 bits per heavy atom. The summed E-state index contributed by atoms with van der Waals surface area (Å²) in [7, 11) is 0. The van der Waals surface area contributed by atoms with Crippen molar-refractivity contribution in [2.24, 2.45) is 0 Å². The van der Waals surface area contributed by atoms with Crippen LogP contribution in [0, 0.1) is 0 Å². The third-order valence-corrected chi connectivity index (χ3v) is 4.66. The first kappa shape index (κ1) is 23.4. The Bertz CT molecular complexity index is 849. The summed E-state index contributed by atoms with van der Waals surface area (Å²) in [6.45, 7) is 9.99. The average molecular weight is 413 g/mol. The smallest absolute Gasteiger partial charge is 0.262 e. The van der Waals surface area contributed by atoms with Crippen LogP contribution in [0.1, 0.15) is 67.9 Å². The molecule has 0 spiro atoms. The minimum atomic E-state index is -0.624. The van der Waals surface area contributed by atoms with Crippen molar-refractivity contribution < 1.29 is 19.4 Å². The number of anilines is 1. The van der Waals surface area contributed by atoms with E-state index in [-0.39, 0.29) is 36.8 Å². The number of carbonyl (C=O) groups excluding carboxylic acids is 2. The predicted molar refractivity (Wildman–Crippen MR) is 119 cm³/mol. The molecule has 0 fully saturated rings. The van der Waals surface area contributed by atoms with E-state index in [0.29, 0.717) is 11.3 Å². The van der Waals surface area contributed by atoms with Crippen LogP contribution in [0.15, 0.2) is 42.5 Å². The summed E-state index contributed by atoms with van der Waals surface area (Å²) in [5.74, 6) is 0.414. The molecule has 0 aliphatic carbocycles. The second-order valence-electron chi connectivity index (χ2n) is 8.04. The predicted octanol–water partition coefficient (Wildman–Crippen LogP) is 4.06. The molecule has 2 amide bonds. The first-order valence-corrected chi connectivity index (χ1v) is 10.3. The molecule has 0 radical (unpaired) electrons. The quantitative estimate of drug-likeness (QED) is 0.580. The van der Waals surface area contributed by atoms with Gasteiger partial charge < -0.3 is 20.5 Å². The van der Waals surface area contributed by atoms with Gasteiger partial charge in [0, 0.05) is 17.8 Å². The van der Waals surface area contributed by atoms with Crippen molar-refractivity contribution in [2.45, 2.75) is 52.6 Å². The Labute approximate surface area is 178 Å². The number of benzene rings is 2. The summed E-state index contributed by atoms with van der Waals surface area (Å²) in [6.07, 6.45) is -0.624. The van der Waals surface area contributed by atoms with Crippen LogP contribution in [0.2, 0.25) is 0 Å². The second-order valence-corrected chi connectivity index (χ2v) is 8.04. The number of amides is 2. The summed E-state index contributed by atoms with van der Waals surface area (Å²) in [5.41, 5.74) is 3.43. The molecule has 6 nitrogen and oxygen atoms in total. The van der Waals surface area contributed by atoms with Gasteiger partial charge in [0.05, 0.1) is 6.10 Å². The number of hydrogen-bond acceptors (Lipinski definition) is 4. The van der Waals surface area contributed by atoms with Crippen molar-refractivity contribution in [3.05, 3.63) is 59.2 Å². The number of aliphatic hydroxyl groups excluding tert-OH is 1. The molecule has 0 saturated heterocycles. The first-order valence-electron chi connectivity index (χ1n) is 10.3.